The topological polar surface area (TPSA) is 187 Å². The lowest BCUT2D eigenvalue weighted by Crippen LogP contribution is -2.57. The van der Waals surface area contributed by atoms with Crippen molar-refractivity contribution in [1.82, 2.24) is 20.4 Å². The Morgan fingerprint density at radius 2 is 1.97 bits per heavy atom. The van der Waals surface area contributed by atoms with Crippen molar-refractivity contribution in [2.75, 3.05) is 45.9 Å². The van der Waals surface area contributed by atoms with Crippen LogP contribution in [0.5, 0.6) is 0 Å². The molecule has 13 nitrogen and oxygen atoms in total. The van der Waals surface area contributed by atoms with Gasteiger partial charge in [0.05, 0.1) is 6.04 Å². The van der Waals surface area contributed by atoms with Crippen molar-refractivity contribution >= 4 is 29.7 Å². The Morgan fingerprint density at radius 1 is 1.31 bits per heavy atom. The van der Waals surface area contributed by atoms with E-state index in [9.17, 15) is 24.3 Å². The highest BCUT2D eigenvalue weighted by molar-refractivity contribution is 6.12. The van der Waals surface area contributed by atoms with E-state index in [0.717, 1.165) is 4.90 Å². The van der Waals surface area contributed by atoms with Gasteiger partial charge in [-0.2, -0.15) is 0 Å². The SMILES string of the molecule is CC(O)C(=O)N(CC1CNCC1OC(=O)NCCN1C(=O)C=CC1=O)C(C(=N)N)C1CCOCC1. The monoisotopic (exact) mass is 494 g/mol. The molecule has 3 heterocycles. The molecule has 3 aliphatic rings. The number of hydrogen-bond donors (Lipinski definition) is 5. The number of nitrogens with zero attached hydrogens (tertiary/aromatic N) is 2. The summed E-state index contributed by atoms with van der Waals surface area (Å²) in [5, 5.41) is 23.9. The zero-order chi connectivity index (χ0) is 25.5. The summed E-state index contributed by atoms with van der Waals surface area (Å²) in [4.78, 5) is 50.9. The summed E-state index contributed by atoms with van der Waals surface area (Å²) in [5.74, 6) is -1.94. The van der Waals surface area contributed by atoms with Gasteiger partial charge >= 0.3 is 6.09 Å². The summed E-state index contributed by atoms with van der Waals surface area (Å²) in [6, 6.07) is -0.694. The van der Waals surface area contributed by atoms with E-state index in [0.29, 0.717) is 39.1 Å². The van der Waals surface area contributed by atoms with E-state index in [1.54, 1.807) is 0 Å². The summed E-state index contributed by atoms with van der Waals surface area (Å²) in [5.41, 5.74) is 5.92. The molecule has 0 bridgehead atoms. The maximum atomic E-state index is 13.0. The number of amidine groups is 1. The first kappa shape index (κ1) is 26.6. The molecule has 6 N–H and O–H groups in total. The van der Waals surface area contributed by atoms with Crippen molar-refractivity contribution in [2.45, 2.75) is 38.0 Å². The largest absolute Gasteiger partial charge is 0.444 e. The van der Waals surface area contributed by atoms with E-state index in [-0.39, 0.29) is 37.3 Å². The van der Waals surface area contributed by atoms with E-state index >= 15 is 0 Å². The van der Waals surface area contributed by atoms with Gasteiger partial charge in [-0.3, -0.25) is 24.7 Å². The van der Waals surface area contributed by atoms with Crippen molar-refractivity contribution in [3.8, 4) is 0 Å². The number of aliphatic hydroxyl groups is 1. The Hall–Kier alpha value is -3.03. The maximum absolute atomic E-state index is 13.0. The van der Waals surface area contributed by atoms with E-state index in [4.69, 9.17) is 20.6 Å². The van der Waals surface area contributed by atoms with Crippen LogP contribution in [-0.4, -0.2) is 109 Å². The van der Waals surface area contributed by atoms with Crippen LogP contribution in [0, 0.1) is 17.2 Å². The second-order valence-corrected chi connectivity index (χ2v) is 8.97. The van der Waals surface area contributed by atoms with Crippen LogP contribution in [0.15, 0.2) is 12.2 Å². The van der Waals surface area contributed by atoms with Crippen molar-refractivity contribution in [2.24, 2.45) is 17.6 Å². The molecule has 0 saturated carbocycles. The Labute approximate surface area is 203 Å². The first-order chi connectivity index (χ1) is 16.7. The van der Waals surface area contributed by atoms with Crippen LogP contribution < -0.4 is 16.4 Å². The number of carbonyl (C=O) groups is 4. The van der Waals surface area contributed by atoms with Crippen LogP contribution in [0.25, 0.3) is 0 Å². The van der Waals surface area contributed by atoms with Gasteiger partial charge in [0.25, 0.3) is 17.7 Å². The molecule has 3 aliphatic heterocycles. The number of nitrogens with one attached hydrogen (secondary N) is 3. The number of ether oxygens (including phenoxy) is 2. The summed E-state index contributed by atoms with van der Waals surface area (Å²) in [6.45, 7) is 3.40. The standard InChI is InChI=1S/C22H34N6O7/c1-13(29)21(32)28(19(20(23)24)14-4-8-34-9-5-14)12-15-10-25-11-16(15)35-22(33)26-6-7-27-17(30)2-3-18(27)31/h2-3,13-16,19,25,29H,4-12H2,1H3,(H3,23,24)(H,26,33). The van der Waals surface area contributed by atoms with Crippen molar-refractivity contribution in [3.63, 3.8) is 0 Å². The van der Waals surface area contributed by atoms with Gasteiger partial charge in [-0.15, -0.1) is 0 Å². The number of alkyl carbamates (subject to hydrolysis) is 1. The van der Waals surface area contributed by atoms with Gasteiger partial charge in [0.1, 0.15) is 18.0 Å². The van der Waals surface area contributed by atoms with Gasteiger partial charge in [-0.1, -0.05) is 0 Å². The lowest BCUT2D eigenvalue weighted by molar-refractivity contribution is -0.143. The molecule has 4 unspecified atom stereocenters. The molecule has 0 aromatic rings. The molecule has 194 valence electrons. The van der Waals surface area contributed by atoms with E-state index in [1.165, 1.54) is 24.0 Å². The van der Waals surface area contributed by atoms with Crippen molar-refractivity contribution in [3.05, 3.63) is 12.2 Å². The van der Waals surface area contributed by atoms with Crippen LogP contribution in [0.4, 0.5) is 4.79 Å². The van der Waals surface area contributed by atoms with Gasteiger partial charge in [0.2, 0.25) is 0 Å². The summed E-state index contributed by atoms with van der Waals surface area (Å²) >= 11 is 0. The van der Waals surface area contributed by atoms with E-state index in [1.807, 2.05) is 0 Å². The molecule has 0 aromatic carbocycles. The fourth-order valence-electron chi connectivity index (χ4n) is 4.67. The number of nitrogens with two attached hydrogens (primary N) is 1. The van der Waals surface area contributed by atoms with Crippen LogP contribution in [0.1, 0.15) is 19.8 Å². The van der Waals surface area contributed by atoms with Gasteiger partial charge in [0.15, 0.2) is 0 Å². The van der Waals surface area contributed by atoms with Crippen LogP contribution in [-0.2, 0) is 23.9 Å². The Balaban J connectivity index is 1.60. The highest BCUT2D eigenvalue weighted by Gasteiger charge is 2.40. The zero-order valence-corrected chi connectivity index (χ0v) is 19.8. The Morgan fingerprint density at radius 3 is 2.57 bits per heavy atom. The molecular weight excluding hydrogens is 460 g/mol. The first-order valence-corrected chi connectivity index (χ1v) is 11.8. The molecule has 13 heteroatoms. The summed E-state index contributed by atoms with van der Waals surface area (Å²) < 4.78 is 11.0. The summed E-state index contributed by atoms with van der Waals surface area (Å²) in [6.07, 6.45) is 1.05. The zero-order valence-electron chi connectivity index (χ0n) is 19.8. The third kappa shape index (κ3) is 6.77. The minimum Gasteiger partial charge on any atom is -0.444 e. The molecule has 4 atom stereocenters. The number of amides is 4. The Kier molecular flexibility index (Phi) is 9.18. The number of aliphatic hydroxyl groups excluding tert-OH is 1. The molecule has 2 saturated heterocycles. The average molecular weight is 495 g/mol. The Bertz CT molecular complexity index is 839. The second kappa shape index (κ2) is 12.1. The van der Waals surface area contributed by atoms with E-state index < -0.39 is 42.1 Å². The number of rotatable bonds is 10. The molecule has 0 aliphatic carbocycles. The second-order valence-electron chi connectivity index (χ2n) is 8.97. The number of imide groups is 1. The van der Waals surface area contributed by atoms with Crippen molar-refractivity contribution < 1.29 is 33.8 Å². The molecule has 0 aromatic heterocycles. The average Bonchev–Trinajstić information content (AvgIpc) is 3.39. The van der Waals surface area contributed by atoms with Gasteiger partial charge in [-0.05, 0) is 25.7 Å². The number of carbonyl (C=O) groups excluding carboxylic acids is 4. The smallest absolute Gasteiger partial charge is 0.407 e. The lowest BCUT2D eigenvalue weighted by Gasteiger charge is -2.40. The summed E-state index contributed by atoms with van der Waals surface area (Å²) in [7, 11) is 0. The molecule has 0 radical (unpaired) electrons. The van der Waals surface area contributed by atoms with Crippen LogP contribution in [0.3, 0.4) is 0 Å². The van der Waals surface area contributed by atoms with Gasteiger partial charge in [0, 0.05) is 64.0 Å². The van der Waals surface area contributed by atoms with Gasteiger partial charge < -0.3 is 35.8 Å². The van der Waals surface area contributed by atoms with Crippen LogP contribution in [0.2, 0.25) is 0 Å². The predicted molar refractivity (Wildman–Crippen MR) is 123 cm³/mol. The minimum atomic E-state index is -1.28. The van der Waals surface area contributed by atoms with Crippen molar-refractivity contribution in [1.29, 1.82) is 5.41 Å². The third-order valence-corrected chi connectivity index (χ3v) is 6.48. The number of hydrogen-bond acceptors (Lipinski definition) is 9. The molecule has 3 rings (SSSR count). The first-order valence-electron chi connectivity index (χ1n) is 11.8. The highest BCUT2D eigenvalue weighted by atomic mass is 16.6. The highest BCUT2D eigenvalue weighted by Crippen LogP contribution is 2.26. The normalized spacial score (nSPS) is 24.3. The molecule has 4 amide bonds. The minimum absolute atomic E-state index is 0.0220. The molecule has 35 heavy (non-hydrogen) atoms. The fraction of sp³-hybridized carbons (Fsp3) is 0.682. The molecule has 0 spiro atoms. The quantitative estimate of drug-likeness (QED) is 0.132. The maximum Gasteiger partial charge on any atom is 0.407 e. The fourth-order valence-corrected chi connectivity index (χ4v) is 4.67. The third-order valence-electron chi connectivity index (χ3n) is 6.48. The lowest BCUT2D eigenvalue weighted by atomic mass is 9.88. The van der Waals surface area contributed by atoms with E-state index in [2.05, 4.69) is 10.6 Å². The molecular formula is C22H34N6O7. The molecule has 2 fully saturated rings. The predicted octanol–water partition coefficient (Wildman–Crippen LogP) is -1.83. The van der Waals surface area contributed by atoms with Crippen LogP contribution >= 0.6 is 0 Å². The van der Waals surface area contributed by atoms with Gasteiger partial charge in [-0.25, -0.2) is 4.79 Å².